The van der Waals surface area contributed by atoms with Crippen LogP contribution in [-0.2, 0) is 4.57 Å². The van der Waals surface area contributed by atoms with Crippen LogP contribution in [0.2, 0.25) is 0 Å². The van der Waals surface area contributed by atoms with Gasteiger partial charge in [-0.25, -0.2) is 10.2 Å². The van der Waals surface area contributed by atoms with Crippen LogP contribution in [-0.4, -0.2) is 17.9 Å². The molecule has 0 aromatic carbocycles. The molecule has 0 aromatic rings. The number of hydrogen-bond donors (Lipinski definition) is 2. The Balaban J connectivity index is 0. The predicted molar refractivity (Wildman–Crippen MR) is 38.3 cm³/mol. The Morgan fingerprint density at radius 2 is 2.25 bits per heavy atom. The number of primary amides is 1. The summed E-state index contributed by atoms with van der Waals surface area (Å²) in [5.74, 6) is 0. The van der Waals surface area contributed by atoms with E-state index < -0.39 is 14.1 Å². The summed E-state index contributed by atoms with van der Waals surface area (Å²) in [5.41, 5.74) is 6.87. The number of nitrogens with zero attached hydrogens (tertiary/aromatic N) is 1. The molecule has 2 amide bonds. The number of rotatable bonds is 3. The van der Waals surface area contributed by atoms with Gasteiger partial charge in [-0.1, -0.05) is 4.57 Å². The Morgan fingerprint density at radius 3 is 2.58 bits per heavy atom. The van der Waals surface area contributed by atoms with E-state index in [1.54, 1.807) is 0 Å². The Labute approximate surface area is 92.7 Å². The van der Waals surface area contributed by atoms with Gasteiger partial charge in [-0.2, -0.15) is 5.10 Å². The number of carbonyl (C=O) groups is 1. The molecule has 0 fully saturated rings. The smallest absolute Gasteiger partial charge is 0.595 e. The molecule has 1 atom stereocenters. The molecule has 0 aromatic heterocycles. The second-order valence-electron chi connectivity index (χ2n) is 1.81. The van der Waals surface area contributed by atoms with Crippen molar-refractivity contribution < 1.29 is 43.8 Å². The third-order valence-corrected chi connectivity index (χ3v) is 1.43. The second kappa shape index (κ2) is 7.64. The van der Waals surface area contributed by atoms with Crippen molar-refractivity contribution in [2.45, 2.75) is 6.92 Å². The maximum atomic E-state index is 10.1. The Bertz CT molecular complexity index is 208. The van der Waals surface area contributed by atoms with Crippen LogP contribution in [0.25, 0.3) is 0 Å². The SMILES string of the molecule is CC(C[P+](=O)[O-])=NNC(N)=O.[Na+]. The molecular formula is C4H8N3NaO3P+. The molecule has 0 bridgehead atoms. The van der Waals surface area contributed by atoms with Gasteiger partial charge in [0.05, 0.1) is 5.71 Å². The second-order valence-corrected chi connectivity index (χ2v) is 2.80. The fourth-order valence-electron chi connectivity index (χ4n) is 0.373. The number of urea groups is 1. The van der Waals surface area contributed by atoms with Crippen LogP contribution < -0.4 is 45.6 Å². The van der Waals surface area contributed by atoms with E-state index in [4.69, 9.17) is 0 Å². The summed E-state index contributed by atoms with van der Waals surface area (Å²) in [6.07, 6.45) is -0.171. The van der Waals surface area contributed by atoms with E-state index in [0.29, 0.717) is 5.71 Å². The average molecular weight is 200 g/mol. The van der Waals surface area contributed by atoms with Gasteiger partial charge in [-0.15, -0.1) is 0 Å². The molecule has 0 saturated heterocycles. The van der Waals surface area contributed by atoms with Crippen molar-refractivity contribution in [1.82, 2.24) is 5.43 Å². The van der Waals surface area contributed by atoms with Crippen molar-refractivity contribution in [3.05, 3.63) is 0 Å². The normalized spacial score (nSPS) is 11.5. The van der Waals surface area contributed by atoms with E-state index in [1.165, 1.54) is 6.92 Å². The van der Waals surface area contributed by atoms with Gasteiger partial charge in [0.1, 0.15) is 0 Å². The van der Waals surface area contributed by atoms with Gasteiger partial charge in [0.25, 0.3) is 0 Å². The minimum absolute atomic E-state index is 0. The van der Waals surface area contributed by atoms with Crippen LogP contribution >= 0.6 is 8.03 Å². The van der Waals surface area contributed by atoms with Crippen molar-refractivity contribution in [3.63, 3.8) is 0 Å². The monoisotopic (exact) mass is 200 g/mol. The van der Waals surface area contributed by atoms with Gasteiger partial charge < -0.3 is 10.6 Å². The zero-order valence-corrected chi connectivity index (χ0v) is 9.80. The molecule has 0 aliphatic carbocycles. The number of nitrogens with two attached hydrogens (primary N) is 1. The number of amides is 2. The maximum Gasteiger partial charge on any atom is 1.00 e. The summed E-state index contributed by atoms with van der Waals surface area (Å²) < 4.78 is 10.1. The molecule has 0 radical (unpaired) electrons. The van der Waals surface area contributed by atoms with Crippen LogP contribution in [0.5, 0.6) is 0 Å². The Hall–Kier alpha value is 0. The molecule has 62 valence electrons. The number of carbonyl (C=O) groups excluding carboxylic acids is 1. The quantitative estimate of drug-likeness (QED) is 0.210. The van der Waals surface area contributed by atoms with E-state index in [-0.39, 0.29) is 35.7 Å². The van der Waals surface area contributed by atoms with E-state index in [0.717, 1.165) is 0 Å². The van der Waals surface area contributed by atoms with Crippen molar-refractivity contribution in [2.75, 3.05) is 6.16 Å². The molecule has 6 nitrogen and oxygen atoms in total. The minimum atomic E-state index is -2.49. The van der Waals surface area contributed by atoms with Crippen molar-refractivity contribution in [2.24, 2.45) is 10.8 Å². The minimum Gasteiger partial charge on any atom is -0.595 e. The fourth-order valence-corrected chi connectivity index (χ4v) is 0.817. The molecule has 8 heteroatoms. The molecule has 0 aliphatic rings. The summed E-state index contributed by atoms with van der Waals surface area (Å²) in [5, 5.41) is 3.37. The summed E-state index contributed by atoms with van der Waals surface area (Å²) in [7, 11) is -2.49. The van der Waals surface area contributed by atoms with Crippen LogP contribution in [0, 0.1) is 0 Å². The molecular weight excluding hydrogens is 192 g/mol. The van der Waals surface area contributed by atoms with Crippen molar-refractivity contribution in [1.29, 1.82) is 0 Å². The standard InChI is InChI=1S/C4H8N3O3P.Na/c1-3(2-11(9)10)6-7-4(5)8;/h2H2,1H3,(H3,5,7,8);/q;+1. The van der Waals surface area contributed by atoms with E-state index in [1.807, 2.05) is 5.43 Å². The molecule has 0 aliphatic heterocycles. The first-order chi connectivity index (χ1) is 5.02. The molecule has 0 heterocycles. The van der Waals surface area contributed by atoms with Gasteiger partial charge in [-0.05, 0) is 6.92 Å². The van der Waals surface area contributed by atoms with Gasteiger partial charge in [0.2, 0.25) is 0 Å². The third kappa shape index (κ3) is 10.0. The zero-order chi connectivity index (χ0) is 8.85. The molecule has 0 rings (SSSR count). The van der Waals surface area contributed by atoms with E-state index in [9.17, 15) is 14.3 Å². The van der Waals surface area contributed by atoms with E-state index >= 15 is 0 Å². The summed E-state index contributed by atoms with van der Waals surface area (Å²) in [6, 6.07) is -0.814. The van der Waals surface area contributed by atoms with Crippen molar-refractivity contribution >= 4 is 19.8 Å². The summed E-state index contributed by atoms with van der Waals surface area (Å²) in [4.78, 5) is 20.1. The van der Waals surface area contributed by atoms with Gasteiger partial charge in [0.15, 0.2) is 6.16 Å². The van der Waals surface area contributed by atoms with Crippen LogP contribution in [0.4, 0.5) is 4.79 Å². The van der Waals surface area contributed by atoms with Gasteiger partial charge in [0, 0.05) is 0 Å². The Kier molecular flexibility index (Phi) is 9.24. The number of nitrogens with one attached hydrogen (secondary N) is 1. The average Bonchev–Trinajstić information content (AvgIpc) is 1.82. The van der Waals surface area contributed by atoms with Crippen LogP contribution in [0.3, 0.4) is 0 Å². The van der Waals surface area contributed by atoms with Gasteiger partial charge in [-0.3, -0.25) is 0 Å². The first-order valence-electron chi connectivity index (χ1n) is 2.72. The number of hydrazone groups is 1. The van der Waals surface area contributed by atoms with Crippen molar-refractivity contribution in [3.8, 4) is 0 Å². The topological polar surface area (TPSA) is 108 Å². The third-order valence-electron chi connectivity index (χ3n) is 0.715. The zero-order valence-electron chi connectivity index (χ0n) is 6.90. The Morgan fingerprint density at radius 1 is 1.75 bits per heavy atom. The molecule has 1 unspecified atom stereocenters. The predicted octanol–water partition coefficient (Wildman–Crippen LogP) is -3.86. The van der Waals surface area contributed by atoms with Gasteiger partial charge >= 0.3 is 43.6 Å². The molecule has 3 N–H and O–H groups in total. The number of hydrogen-bond acceptors (Lipinski definition) is 4. The summed E-state index contributed by atoms with van der Waals surface area (Å²) >= 11 is 0. The van der Waals surface area contributed by atoms with E-state index in [2.05, 4.69) is 10.8 Å². The molecule has 0 spiro atoms. The molecule has 0 saturated carbocycles. The first kappa shape index (κ1) is 14.5. The van der Waals surface area contributed by atoms with Crippen LogP contribution in [0.15, 0.2) is 5.10 Å². The maximum absolute atomic E-state index is 10.1. The summed E-state index contributed by atoms with van der Waals surface area (Å²) in [6.45, 7) is 1.47. The largest absolute Gasteiger partial charge is 1.00 e. The molecule has 12 heavy (non-hydrogen) atoms. The van der Waals surface area contributed by atoms with Crippen LogP contribution in [0.1, 0.15) is 6.92 Å². The first-order valence-corrected chi connectivity index (χ1v) is 4.09. The fraction of sp³-hybridized carbons (Fsp3) is 0.500.